The second-order valence-corrected chi connectivity index (χ2v) is 6.13. The lowest BCUT2D eigenvalue weighted by Crippen LogP contribution is -1.89. The number of hydrogen-bond donors (Lipinski definition) is 0. The lowest BCUT2D eigenvalue weighted by Gasteiger charge is -2.09. The molecular weight excluding hydrogens is 264 g/mol. The summed E-state index contributed by atoms with van der Waals surface area (Å²) in [4.78, 5) is 0. The number of aryl methyl sites for hydroxylation is 1. The molecule has 0 nitrogen and oxygen atoms in total. The quantitative estimate of drug-likeness (QED) is 0.616. The Bertz CT molecular complexity index is 758. The van der Waals surface area contributed by atoms with Crippen LogP contribution < -0.4 is 0 Å². The third kappa shape index (κ3) is 3.12. The topological polar surface area (TPSA) is 0 Å². The molecule has 0 amide bonds. The van der Waals surface area contributed by atoms with Gasteiger partial charge in [0.25, 0.3) is 0 Å². The summed E-state index contributed by atoms with van der Waals surface area (Å²) in [6, 6.07) is 17.4. The first-order valence-corrected chi connectivity index (χ1v) is 7.87. The van der Waals surface area contributed by atoms with Gasteiger partial charge in [-0.25, -0.2) is 0 Å². The molecule has 0 radical (unpaired) electrons. The lowest BCUT2D eigenvalue weighted by atomic mass is 9.96. The van der Waals surface area contributed by atoms with Gasteiger partial charge in [-0.15, -0.1) is 0 Å². The summed E-state index contributed by atoms with van der Waals surface area (Å²) in [6.07, 6.45) is 9.01. The van der Waals surface area contributed by atoms with Crippen LogP contribution in [0.5, 0.6) is 0 Å². The van der Waals surface area contributed by atoms with Crippen LogP contribution in [0.15, 0.2) is 78.4 Å². The van der Waals surface area contributed by atoms with Crippen LogP contribution in [0.4, 0.5) is 0 Å². The van der Waals surface area contributed by atoms with Crippen LogP contribution in [0.3, 0.4) is 0 Å². The normalized spacial score (nSPS) is 17.7. The molecule has 0 bridgehead atoms. The van der Waals surface area contributed by atoms with E-state index in [2.05, 4.69) is 93.6 Å². The van der Waals surface area contributed by atoms with Gasteiger partial charge in [-0.3, -0.25) is 0 Å². The van der Waals surface area contributed by atoms with E-state index >= 15 is 0 Å². The van der Waals surface area contributed by atoms with Crippen molar-refractivity contribution < 1.29 is 0 Å². The Kier molecular flexibility index (Phi) is 4.11. The average molecular weight is 286 g/mol. The second kappa shape index (κ2) is 6.19. The molecule has 0 saturated carbocycles. The largest absolute Gasteiger partial charge is 0.0770 e. The van der Waals surface area contributed by atoms with E-state index < -0.39 is 0 Å². The summed E-state index contributed by atoms with van der Waals surface area (Å²) < 4.78 is 0. The molecule has 0 heterocycles. The monoisotopic (exact) mass is 286 g/mol. The molecule has 22 heavy (non-hydrogen) atoms. The Morgan fingerprint density at radius 2 is 1.50 bits per heavy atom. The molecule has 1 unspecified atom stereocenters. The van der Waals surface area contributed by atoms with Crippen molar-refractivity contribution in [2.45, 2.75) is 20.8 Å². The zero-order valence-electron chi connectivity index (χ0n) is 13.5. The van der Waals surface area contributed by atoms with Crippen LogP contribution >= 0.6 is 0 Å². The molecule has 1 aliphatic carbocycles. The van der Waals surface area contributed by atoms with Crippen molar-refractivity contribution in [2.24, 2.45) is 5.92 Å². The fourth-order valence-corrected chi connectivity index (χ4v) is 2.77. The fourth-order valence-electron chi connectivity index (χ4n) is 2.77. The molecule has 0 N–H and O–H groups in total. The standard InChI is InChI=1S/C22H22/c1-16-13-21(19-7-5-4-6-8-19)15-22(14-16)20-11-9-17(2)18(3)10-12-20/h4-15,17H,1-3H3. The van der Waals surface area contributed by atoms with Crippen molar-refractivity contribution in [3.63, 3.8) is 0 Å². The minimum absolute atomic E-state index is 0.507. The maximum atomic E-state index is 2.29. The van der Waals surface area contributed by atoms with Gasteiger partial charge in [0.05, 0.1) is 0 Å². The van der Waals surface area contributed by atoms with Gasteiger partial charge in [-0.2, -0.15) is 0 Å². The Morgan fingerprint density at radius 3 is 2.27 bits per heavy atom. The van der Waals surface area contributed by atoms with Gasteiger partial charge in [0.2, 0.25) is 0 Å². The van der Waals surface area contributed by atoms with Crippen molar-refractivity contribution in [3.05, 3.63) is 89.5 Å². The highest BCUT2D eigenvalue weighted by Gasteiger charge is 2.07. The van der Waals surface area contributed by atoms with Crippen LogP contribution in [-0.4, -0.2) is 0 Å². The summed E-state index contributed by atoms with van der Waals surface area (Å²) in [5, 5.41) is 0. The second-order valence-electron chi connectivity index (χ2n) is 6.13. The van der Waals surface area contributed by atoms with Crippen molar-refractivity contribution in [2.75, 3.05) is 0 Å². The zero-order chi connectivity index (χ0) is 15.5. The third-order valence-electron chi connectivity index (χ3n) is 4.33. The molecule has 2 aromatic rings. The number of allylic oxidation sites excluding steroid dienone is 6. The Hall–Kier alpha value is -2.34. The van der Waals surface area contributed by atoms with E-state index in [0.29, 0.717) is 5.92 Å². The summed E-state index contributed by atoms with van der Waals surface area (Å²) in [6.45, 7) is 6.60. The predicted molar refractivity (Wildman–Crippen MR) is 96.7 cm³/mol. The van der Waals surface area contributed by atoms with Gasteiger partial charge in [-0.05, 0) is 53.7 Å². The van der Waals surface area contributed by atoms with Crippen molar-refractivity contribution in [1.29, 1.82) is 0 Å². The Balaban J connectivity index is 2.06. The predicted octanol–water partition coefficient (Wildman–Crippen LogP) is 6.20. The van der Waals surface area contributed by atoms with E-state index in [0.717, 1.165) is 0 Å². The van der Waals surface area contributed by atoms with Gasteiger partial charge in [0, 0.05) is 0 Å². The first-order chi connectivity index (χ1) is 10.6. The maximum Gasteiger partial charge on any atom is -0.00480 e. The Morgan fingerprint density at radius 1 is 0.773 bits per heavy atom. The number of benzene rings is 2. The van der Waals surface area contributed by atoms with Crippen molar-refractivity contribution >= 4 is 5.57 Å². The van der Waals surface area contributed by atoms with E-state index in [9.17, 15) is 0 Å². The lowest BCUT2D eigenvalue weighted by molar-refractivity contribution is 0.865. The molecule has 0 spiro atoms. The SMILES string of the molecule is CC1=CC=C(c2cc(C)cc(-c3ccccc3)c2)C=CC1C. The van der Waals surface area contributed by atoms with Gasteiger partial charge in [0.15, 0.2) is 0 Å². The molecule has 110 valence electrons. The molecule has 0 saturated heterocycles. The van der Waals surface area contributed by atoms with E-state index in [1.165, 1.54) is 33.4 Å². The van der Waals surface area contributed by atoms with Crippen LogP contribution in [0, 0.1) is 12.8 Å². The molecule has 1 aliphatic rings. The van der Waals surface area contributed by atoms with Gasteiger partial charge in [0.1, 0.15) is 0 Å². The molecule has 3 rings (SSSR count). The molecule has 0 fully saturated rings. The first-order valence-electron chi connectivity index (χ1n) is 7.87. The third-order valence-corrected chi connectivity index (χ3v) is 4.33. The van der Waals surface area contributed by atoms with Crippen molar-refractivity contribution in [1.82, 2.24) is 0 Å². The number of rotatable bonds is 2. The minimum Gasteiger partial charge on any atom is -0.0770 e. The van der Waals surface area contributed by atoms with Gasteiger partial charge in [-0.1, -0.05) is 79.3 Å². The summed E-state index contributed by atoms with van der Waals surface area (Å²) in [7, 11) is 0. The molecule has 0 heteroatoms. The van der Waals surface area contributed by atoms with Crippen LogP contribution in [-0.2, 0) is 0 Å². The molecule has 2 aromatic carbocycles. The highest BCUT2D eigenvalue weighted by molar-refractivity contribution is 5.80. The summed E-state index contributed by atoms with van der Waals surface area (Å²) in [5.74, 6) is 0.507. The molecule has 0 aromatic heterocycles. The smallest absolute Gasteiger partial charge is 0.00480 e. The van der Waals surface area contributed by atoms with E-state index in [-0.39, 0.29) is 0 Å². The van der Waals surface area contributed by atoms with Crippen LogP contribution in [0.25, 0.3) is 16.7 Å². The average Bonchev–Trinajstić information content (AvgIpc) is 2.70. The van der Waals surface area contributed by atoms with Crippen LogP contribution in [0.1, 0.15) is 25.0 Å². The zero-order valence-corrected chi connectivity index (χ0v) is 13.5. The number of hydrogen-bond acceptors (Lipinski definition) is 0. The van der Waals surface area contributed by atoms with Gasteiger partial charge < -0.3 is 0 Å². The van der Waals surface area contributed by atoms with E-state index in [4.69, 9.17) is 0 Å². The first kappa shape index (κ1) is 14.6. The highest BCUT2D eigenvalue weighted by Crippen LogP contribution is 2.28. The highest BCUT2D eigenvalue weighted by atomic mass is 14.1. The van der Waals surface area contributed by atoms with Crippen LogP contribution in [0.2, 0.25) is 0 Å². The van der Waals surface area contributed by atoms with E-state index in [1.54, 1.807) is 0 Å². The fraction of sp³-hybridized carbons (Fsp3) is 0.182. The van der Waals surface area contributed by atoms with Gasteiger partial charge >= 0.3 is 0 Å². The Labute approximate surface area is 133 Å². The molecule has 1 atom stereocenters. The maximum absolute atomic E-state index is 2.29. The summed E-state index contributed by atoms with van der Waals surface area (Å²) >= 11 is 0. The minimum atomic E-state index is 0.507. The summed E-state index contributed by atoms with van der Waals surface area (Å²) in [5.41, 5.74) is 7.82. The molecule has 0 aliphatic heterocycles. The van der Waals surface area contributed by atoms with E-state index in [1.807, 2.05) is 0 Å². The molecular formula is C22H22. The van der Waals surface area contributed by atoms with Crippen molar-refractivity contribution in [3.8, 4) is 11.1 Å².